The quantitative estimate of drug-likeness (QED) is 0.768. The zero-order valence-electron chi connectivity index (χ0n) is 12.6. The minimum atomic E-state index is -0.0779. The summed E-state index contributed by atoms with van der Waals surface area (Å²) in [4.78, 5) is 16.0. The molecule has 1 aromatic carbocycles. The lowest BCUT2D eigenvalue weighted by molar-refractivity contribution is -0.120. The minimum Gasteiger partial charge on any atom is -0.454 e. The van der Waals surface area contributed by atoms with Gasteiger partial charge in [-0.05, 0) is 23.8 Å². The first-order valence-corrected chi connectivity index (χ1v) is 8.07. The van der Waals surface area contributed by atoms with E-state index in [9.17, 15) is 4.79 Å². The molecule has 1 aromatic heterocycles. The van der Waals surface area contributed by atoms with Gasteiger partial charge >= 0.3 is 0 Å². The fourth-order valence-electron chi connectivity index (χ4n) is 2.23. The number of amides is 1. The van der Waals surface area contributed by atoms with Crippen molar-refractivity contribution in [2.75, 3.05) is 25.2 Å². The van der Waals surface area contributed by atoms with E-state index >= 15 is 0 Å². The van der Waals surface area contributed by atoms with Gasteiger partial charge in [0.2, 0.25) is 12.7 Å². The van der Waals surface area contributed by atoms with Gasteiger partial charge in [0.05, 0.1) is 16.5 Å². The lowest BCUT2D eigenvalue weighted by atomic mass is 10.1. The zero-order chi connectivity index (χ0) is 16.9. The first-order valence-electron chi connectivity index (χ1n) is 7.32. The average molecular weight is 368 g/mol. The fraction of sp³-hybridized carbons (Fsp3) is 0.250. The summed E-state index contributed by atoms with van der Waals surface area (Å²) >= 11 is 11.8. The number of ether oxygens (including phenoxy) is 2. The molecule has 0 spiro atoms. The van der Waals surface area contributed by atoms with Crippen LogP contribution in [0, 0.1) is 0 Å². The van der Waals surface area contributed by atoms with E-state index in [2.05, 4.69) is 15.6 Å². The average Bonchev–Trinajstić information content (AvgIpc) is 3.01. The molecule has 1 aliphatic heterocycles. The Hall–Kier alpha value is -2.18. The highest BCUT2D eigenvalue weighted by atomic mass is 35.5. The number of nitrogens with zero attached hydrogens (tertiary/aromatic N) is 1. The van der Waals surface area contributed by atoms with Gasteiger partial charge in [0.25, 0.3) is 0 Å². The van der Waals surface area contributed by atoms with Crippen molar-refractivity contribution in [3.63, 3.8) is 0 Å². The van der Waals surface area contributed by atoms with Crippen molar-refractivity contribution >= 4 is 34.9 Å². The highest BCUT2D eigenvalue weighted by Crippen LogP contribution is 2.32. The summed E-state index contributed by atoms with van der Waals surface area (Å²) in [7, 11) is 0. The van der Waals surface area contributed by atoms with Crippen LogP contribution in [0.2, 0.25) is 10.0 Å². The molecule has 1 aliphatic rings. The van der Waals surface area contributed by atoms with Crippen LogP contribution in [0.4, 0.5) is 5.82 Å². The number of fused-ring (bicyclic) bond motifs is 1. The summed E-state index contributed by atoms with van der Waals surface area (Å²) in [6.07, 6.45) is 1.78. The van der Waals surface area contributed by atoms with Gasteiger partial charge in [-0.25, -0.2) is 4.98 Å². The first kappa shape index (κ1) is 16.7. The van der Waals surface area contributed by atoms with Gasteiger partial charge in [0.1, 0.15) is 5.82 Å². The molecule has 0 bridgehead atoms. The fourth-order valence-corrected chi connectivity index (χ4v) is 2.67. The molecule has 0 saturated heterocycles. The van der Waals surface area contributed by atoms with Crippen LogP contribution in [0.25, 0.3) is 0 Å². The number of carbonyl (C=O) groups excluding carboxylic acids is 1. The van der Waals surface area contributed by atoms with Crippen LogP contribution in [0.3, 0.4) is 0 Å². The van der Waals surface area contributed by atoms with Crippen molar-refractivity contribution in [2.24, 2.45) is 0 Å². The van der Waals surface area contributed by atoms with Gasteiger partial charge in [0, 0.05) is 19.3 Å². The Morgan fingerprint density at radius 2 is 2.00 bits per heavy atom. The topological polar surface area (TPSA) is 72.5 Å². The normalized spacial score (nSPS) is 12.1. The number of hydrogen-bond donors (Lipinski definition) is 2. The summed E-state index contributed by atoms with van der Waals surface area (Å²) in [6, 6.07) is 7.08. The molecule has 126 valence electrons. The Balaban J connectivity index is 1.42. The number of benzene rings is 1. The monoisotopic (exact) mass is 367 g/mol. The summed E-state index contributed by atoms with van der Waals surface area (Å²) in [6.45, 7) is 1.17. The van der Waals surface area contributed by atoms with Crippen molar-refractivity contribution in [3.05, 3.63) is 46.1 Å². The van der Waals surface area contributed by atoms with Crippen molar-refractivity contribution < 1.29 is 14.3 Å². The SMILES string of the molecule is O=C(Cc1ccc2c(c1)OCO2)NCCNc1ncc(Cl)cc1Cl. The van der Waals surface area contributed by atoms with Crippen LogP contribution >= 0.6 is 23.2 Å². The maximum Gasteiger partial charge on any atom is 0.231 e. The second kappa shape index (κ2) is 7.59. The molecule has 2 N–H and O–H groups in total. The van der Waals surface area contributed by atoms with E-state index in [1.54, 1.807) is 12.1 Å². The van der Waals surface area contributed by atoms with Gasteiger partial charge in [-0.3, -0.25) is 4.79 Å². The largest absolute Gasteiger partial charge is 0.454 e. The molecule has 2 heterocycles. The van der Waals surface area contributed by atoms with E-state index in [1.165, 1.54) is 6.20 Å². The van der Waals surface area contributed by atoms with Gasteiger partial charge in [0.15, 0.2) is 11.5 Å². The smallest absolute Gasteiger partial charge is 0.231 e. The molecular formula is C16H15Cl2N3O3. The molecular weight excluding hydrogens is 353 g/mol. The summed E-state index contributed by atoms with van der Waals surface area (Å²) in [5, 5.41) is 6.78. The number of halogens is 2. The first-order chi connectivity index (χ1) is 11.6. The van der Waals surface area contributed by atoms with Crippen molar-refractivity contribution in [2.45, 2.75) is 6.42 Å². The Morgan fingerprint density at radius 1 is 1.17 bits per heavy atom. The van der Waals surface area contributed by atoms with Crippen molar-refractivity contribution in [1.82, 2.24) is 10.3 Å². The lowest BCUT2D eigenvalue weighted by Crippen LogP contribution is -2.30. The Morgan fingerprint density at radius 3 is 2.83 bits per heavy atom. The third-order valence-corrected chi connectivity index (χ3v) is 3.84. The number of hydrogen-bond acceptors (Lipinski definition) is 5. The van der Waals surface area contributed by atoms with E-state index in [0.717, 1.165) is 5.56 Å². The van der Waals surface area contributed by atoms with Gasteiger partial charge in [-0.1, -0.05) is 29.3 Å². The summed E-state index contributed by atoms with van der Waals surface area (Å²) in [5.41, 5.74) is 0.868. The van der Waals surface area contributed by atoms with Gasteiger partial charge in [-0.15, -0.1) is 0 Å². The lowest BCUT2D eigenvalue weighted by Gasteiger charge is -2.09. The molecule has 2 aromatic rings. The van der Waals surface area contributed by atoms with Crippen LogP contribution in [0.1, 0.15) is 5.56 Å². The molecule has 0 aliphatic carbocycles. The number of carbonyl (C=O) groups is 1. The molecule has 3 rings (SSSR count). The van der Waals surface area contributed by atoms with Gasteiger partial charge < -0.3 is 20.1 Å². The van der Waals surface area contributed by atoms with E-state index in [4.69, 9.17) is 32.7 Å². The molecule has 0 fully saturated rings. The molecule has 0 atom stereocenters. The predicted octanol–water partition coefficient (Wildman–Crippen LogP) is 2.89. The van der Waals surface area contributed by atoms with Gasteiger partial charge in [-0.2, -0.15) is 0 Å². The van der Waals surface area contributed by atoms with E-state index in [-0.39, 0.29) is 19.1 Å². The molecule has 0 radical (unpaired) electrons. The zero-order valence-corrected chi connectivity index (χ0v) is 14.2. The van der Waals surface area contributed by atoms with E-state index < -0.39 is 0 Å². The molecule has 24 heavy (non-hydrogen) atoms. The number of pyridine rings is 1. The Bertz CT molecular complexity index is 755. The maximum atomic E-state index is 12.0. The van der Waals surface area contributed by atoms with Crippen molar-refractivity contribution in [1.29, 1.82) is 0 Å². The molecule has 1 amide bonds. The maximum absolute atomic E-state index is 12.0. The van der Waals surface area contributed by atoms with E-state index in [1.807, 2.05) is 12.1 Å². The molecule has 8 heteroatoms. The Kier molecular flexibility index (Phi) is 5.27. The van der Waals surface area contributed by atoms with Crippen LogP contribution < -0.4 is 20.1 Å². The predicted molar refractivity (Wildman–Crippen MR) is 92.0 cm³/mol. The highest BCUT2D eigenvalue weighted by Gasteiger charge is 2.14. The molecule has 0 saturated carbocycles. The standard InChI is InChI=1S/C16H15Cl2N3O3/c17-11-7-12(18)16(21-8-11)20-4-3-19-15(22)6-10-1-2-13-14(5-10)24-9-23-13/h1-2,5,7-8H,3-4,6,9H2,(H,19,22)(H,20,21). The third-order valence-electron chi connectivity index (χ3n) is 3.35. The molecule has 6 nitrogen and oxygen atoms in total. The summed E-state index contributed by atoms with van der Waals surface area (Å²) < 4.78 is 10.5. The summed E-state index contributed by atoms with van der Waals surface area (Å²) in [5.74, 6) is 1.83. The number of rotatable bonds is 6. The van der Waals surface area contributed by atoms with Crippen LogP contribution in [0.15, 0.2) is 30.5 Å². The number of anilines is 1. The van der Waals surface area contributed by atoms with Crippen LogP contribution in [0.5, 0.6) is 11.5 Å². The van der Waals surface area contributed by atoms with Crippen molar-refractivity contribution in [3.8, 4) is 11.5 Å². The van der Waals surface area contributed by atoms with Crippen LogP contribution in [-0.2, 0) is 11.2 Å². The third kappa shape index (κ3) is 4.21. The number of aromatic nitrogens is 1. The van der Waals surface area contributed by atoms with Crippen LogP contribution in [-0.4, -0.2) is 30.8 Å². The second-order valence-corrected chi connectivity index (χ2v) is 5.97. The number of nitrogens with one attached hydrogen (secondary N) is 2. The highest BCUT2D eigenvalue weighted by molar-refractivity contribution is 6.35. The minimum absolute atomic E-state index is 0.0779. The Labute approximate surface area is 149 Å². The molecule has 0 unspecified atom stereocenters. The van der Waals surface area contributed by atoms with E-state index in [0.29, 0.717) is 40.5 Å². The second-order valence-electron chi connectivity index (χ2n) is 5.13.